The molecule has 1 aliphatic rings. The highest BCUT2D eigenvalue weighted by Gasteiger charge is 2.30. The Balaban J connectivity index is 1.24. The first kappa shape index (κ1) is 36.6. The van der Waals surface area contributed by atoms with Crippen molar-refractivity contribution in [2.75, 3.05) is 17.2 Å². The van der Waals surface area contributed by atoms with Gasteiger partial charge in [0.05, 0.1) is 5.69 Å². The predicted molar refractivity (Wildman–Crippen MR) is 190 cm³/mol. The highest BCUT2D eigenvalue weighted by Crippen LogP contribution is 2.29. The zero-order valence-corrected chi connectivity index (χ0v) is 29.1. The summed E-state index contributed by atoms with van der Waals surface area (Å²) in [6, 6.07) is 18.0. The third kappa shape index (κ3) is 10.7. The second-order valence-electron chi connectivity index (χ2n) is 13.7. The maximum absolute atomic E-state index is 14.6. The number of benzene rings is 3. The van der Waals surface area contributed by atoms with Crippen molar-refractivity contribution in [2.24, 2.45) is 11.8 Å². The zero-order chi connectivity index (χ0) is 36.5. The summed E-state index contributed by atoms with van der Waals surface area (Å²) in [5, 5.41) is 25.1. The zero-order valence-electron chi connectivity index (χ0n) is 29.1. The average Bonchev–Trinajstić information content (AvgIpc) is 3.63. The molecular formula is C37H43FN8O5. The molecule has 3 aromatic carbocycles. The Kier molecular flexibility index (Phi) is 11.7. The fourth-order valence-corrected chi connectivity index (χ4v) is 5.94. The summed E-state index contributed by atoms with van der Waals surface area (Å²) in [7, 11) is 0. The van der Waals surface area contributed by atoms with Gasteiger partial charge in [-0.1, -0.05) is 30.3 Å². The summed E-state index contributed by atoms with van der Waals surface area (Å²) in [6.45, 7) is 7.22. The Morgan fingerprint density at radius 1 is 0.902 bits per heavy atom. The van der Waals surface area contributed by atoms with Crippen molar-refractivity contribution in [3.05, 3.63) is 78.1 Å². The molecule has 1 fully saturated rings. The summed E-state index contributed by atoms with van der Waals surface area (Å²) in [5.74, 6) is -1.13. The van der Waals surface area contributed by atoms with Gasteiger partial charge in [0.25, 0.3) is 0 Å². The number of aromatic amines is 1. The Morgan fingerprint density at radius 3 is 2.18 bits per heavy atom. The van der Waals surface area contributed by atoms with E-state index in [4.69, 9.17) is 4.74 Å². The molecule has 13 nitrogen and oxygen atoms in total. The molecule has 1 aliphatic carbocycles. The standard InChI is InChI=1S/C37H43FN8O5/c1-22(47)40-31-18-15-28(20-30(31)38)25-9-5-23(6-10-25)19-32(35(49)41-29-16-13-26(14-17-29)33-43-45-46-44-33)42-34(48)27-11-7-24(8-12-27)21-39-36(50)51-37(2,3)4/h5-6,9-10,13-18,20,24,27,32H,7-8,11-12,19,21H2,1-4H3,(H,39,50)(H,40,47)(H,41,49)(H,42,48)(H,43,44,45,46)/t24?,27?,32-/m0/s1. The quantitative estimate of drug-likeness (QED) is 0.134. The molecule has 4 aromatic rings. The minimum atomic E-state index is -0.888. The number of tetrazole rings is 1. The highest BCUT2D eigenvalue weighted by molar-refractivity contribution is 5.98. The Labute approximate surface area is 295 Å². The molecular weight excluding hydrogens is 655 g/mol. The number of anilines is 2. The lowest BCUT2D eigenvalue weighted by molar-refractivity contribution is -0.130. The van der Waals surface area contributed by atoms with Crippen LogP contribution in [0.15, 0.2) is 66.7 Å². The lowest BCUT2D eigenvalue weighted by atomic mass is 9.81. The van der Waals surface area contributed by atoms with E-state index in [1.807, 2.05) is 45.0 Å². The predicted octanol–water partition coefficient (Wildman–Crippen LogP) is 5.63. The van der Waals surface area contributed by atoms with Crippen molar-refractivity contribution in [1.29, 1.82) is 0 Å². The molecule has 0 saturated heterocycles. The number of aromatic nitrogens is 4. The van der Waals surface area contributed by atoms with Gasteiger partial charge in [-0.2, -0.15) is 5.21 Å². The van der Waals surface area contributed by atoms with E-state index in [-0.39, 0.29) is 41.7 Å². The van der Waals surface area contributed by atoms with Gasteiger partial charge in [-0.3, -0.25) is 14.4 Å². The molecule has 1 aromatic heterocycles. The van der Waals surface area contributed by atoms with Crippen molar-refractivity contribution in [3.63, 3.8) is 0 Å². The molecule has 1 saturated carbocycles. The largest absolute Gasteiger partial charge is 0.444 e. The van der Waals surface area contributed by atoms with Crippen molar-refractivity contribution in [3.8, 4) is 22.5 Å². The Hall–Kier alpha value is -5.66. The van der Waals surface area contributed by atoms with Gasteiger partial charge in [0.15, 0.2) is 0 Å². The molecule has 1 heterocycles. The molecule has 0 aliphatic heterocycles. The van der Waals surface area contributed by atoms with Crippen LogP contribution in [0.25, 0.3) is 22.5 Å². The third-order valence-electron chi connectivity index (χ3n) is 8.55. The number of nitrogens with zero attached hydrogens (tertiary/aromatic N) is 3. The van der Waals surface area contributed by atoms with Crippen molar-refractivity contribution >= 4 is 35.2 Å². The van der Waals surface area contributed by atoms with E-state index in [1.54, 1.807) is 30.3 Å². The number of alkyl carbamates (subject to hydrolysis) is 1. The fraction of sp³-hybridized carbons (Fsp3) is 0.378. The van der Waals surface area contributed by atoms with Gasteiger partial charge in [0.2, 0.25) is 23.5 Å². The summed E-state index contributed by atoms with van der Waals surface area (Å²) >= 11 is 0. The van der Waals surface area contributed by atoms with Crippen LogP contribution in [-0.2, 0) is 25.5 Å². The normalized spacial score (nSPS) is 16.4. The number of nitrogens with one attached hydrogen (secondary N) is 5. The molecule has 14 heteroatoms. The summed E-state index contributed by atoms with van der Waals surface area (Å²) in [4.78, 5) is 50.7. The van der Waals surface area contributed by atoms with Crippen LogP contribution < -0.4 is 21.3 Å². The number of carbonyl (C=O) groups excluding carboxylic acids is 4. The van der Waals surface area contributed by atoms with Crippen molar-refractivity contribution < 1.29 is 28.3 Å². The van der Waals surface area contributed by atoms with Crippen LogP contribution in [0, 0.1) is 17.7 Å². The monoisotopic (exact) mass is 698 g/mol. The molecule has 4 amide bonds. The van der Waals surface area contributed by atoms with E-state index in [9.17, 15) is 23.6 Å². The number of H-pyrrole nitrogens is 1. The summed E-state index contributed by atoms with van der Waals surface area (Å²) < 4.78 is 19.9. The minimum absolute atomic E-state index is 0.0999. The van der Waals surface area contributed by atoms with Crippen LogP contribution in [0.3, 0.4) is 0 Å². The van der Waals surface area contributed by atoms with Gasteiger partial charge in [-0.25, -0.2) is 9.18 Å². The van der Waals surface area contributed by atoms with Gasteiger partial charge in [-0.15, -0.1) is 10.2 Å². The molecule has 0 unspecified atom stereocenters. The smallest absolute Gasteiger partial charge is 0.407 e. The third-order valence-corrected chi connectivity index (χ3v) is 8.55. The summed E-state index contributed by atoms with van der Waals surface area (Å²) in [5.41, 5.74) is 2.93. The lowest BCUT2D eigenvalue weighted by Crippen LogP contribution is -2.48. The average molecular weight is 699 g/mol. The first-order valence-corrected chi connectivity index (χ1v) is 16.9. The molecule has 5 rings (SSSR count). The number of halogens is 1. The van der Waals surface area contributed by atoms with Crippen LogP contribution in [-0.4, -0.2) is 62.6 Å². The summed E-state index contributed by atoms with van der Waals surface area (Å²) in [6.07, 6.45) is 2.52. The number of rotatable bonds is 11. The first-order chi connectivity index (χ1) is 24.3. The van der Waals surface area contributed by atoms with Gasteiger partial charge in [-0.05, 0) is 111 Å². The Bertz CT molecular complexity index is 1820. The highest BCUT2D eigenvalue weighted by atomic mass is 19.1. The van der Waals surface area contributed by atoms with Crippen molar-refractivity contribution in [2.45, 2.75) is 71.4 Å². The molecule has 0 bridgehead atoms. The molecule has 5 N–H and O–H groups in total. The SMILES string of the molecule is CC(=O)Nc1ccc(-c2ccc(C[C@H](NC(=O)C3CCC(CNC(=O)OC(C)(C)C)CC3)C(=O)Nc3ccc(-c4nn[nH]n4)cc3)cc2)cc1F. The topological polar surface area (TPSA) is 180 Å². The van der Waals surface area contributed by atoms with E-state index < -0.39 is 23.6 Å². The number of hydrogen-bond donors (Lipinski definition) is 5. The van der Waals surface area contributed by atoms with Gasteiger partial charge in [0.1, 0.15) is 17.5 Å². The molecule has 268 valence electrons. The number of amides is 4. The van der Waals surface area contributed by atoms with Crippen LogP contribution in [0.5, 0.6) is 0 Å². The molecule has 0 spiro atoms. The van der Waals surface area contributed by atoms with Gasteiger partial charge < -0.3 is 26.0 Å². The second kappa shape index (κ2) is 16.4. The van der Waals surface area contributed by atoms with Crippen LogP contribution >= 0.6 is 0 Å². The lowest BCUT2D eigenvalue weighted by Gasteiger charge is -2.29. The first-order valence-electron chi connectivity index (χ1n) is 16.9. The van der Waals surface area contributed by atoms with Crippen LogP contribution in [0.2, 0.25) is 0 Å². The van der Waals surface area contributed by atoms with Gasteiger partial charge >= 0.3 is 6.09 Å². The second-order valence-corrected chi connectivity index (χ2v) is 13.7. The van der Waals surface area contributed by atoms with E-state index >= 15 is 0 Å². The van der Waals surface area contributed by atoms with Crippen LogP contribution in [0.4, 0.5) is 20.6 Å². The van der Waals surface area contributed by atoms with E-state index in [2.05, 4.69) is 41.9 Å². The van der Waals surface area contributed by atoms with Crippen LogP contribution in [0.1, 0.15) is 58.9 Å². The van der Waals surface area contributed by atoms with E-state index in [0.717, 1.165) is 24.0 Å². The van der Waals surface area contributed by atoms with Gasteiger partial charge in [0, 0.05) is 37.1 Å². The number of ether oxygens (including phenoxy) is 1. The number of carbonyl (C=O) groups is 4. The minimum Gasteiger partial charge on any atom is -0.444 e. The maximum atomic E-state index is 14.6. The molecule has 1 atom stereocenters. The fourth-order valence-electron chi connectivity index (χ4n) is 5.94. The molecule has 0 radical (unpaired) electrons. The molecule has 51 heavy (non-hydrogen) atoms. The van der Waals surface area contributed by atoms with Crippen molar-refractivity contribution in [1.82, 2.24) is 31.3 Å². The Morgan fingerprint density at radius 2 is 1.57 bits per heavy atom. The van der Waals surface area contributed by atoms with E-state index in [1.165, 1.54) is 19.1 Å². The van der Waals surface area contributed by atoms with E-state index in [0.29, 0.717) is 42.0 Å². The maximum Gasteiger partial charge on any atom is 0.407 e. The number of hydrogen-bond acceptors (Lipinski definition) is 8.